The van der Waals surface area contributed by atoms with Crippen LogP contribution in [0.2, 0.25) is 0 Å². The van der Waals surface area contributed by atoms with Crippen molar-refractivity contribution < 1.29 is 4.79 Å². The van der Waals surface area contributed by atoms with Crippen LogP contribution in [-0.4, -0.2) is 35.4 Å². The fraction of sp³-hybridized carbons (Fsp3) is 0.750. The highest BCUT2D eigenvalue weighted by Gasteiger charge is 2.19. The van der Waals surface area contributed by atoms with Gasteiger partial charge >= 0.3 is 0 Å². The van der Waals surface area contributed by atoms with Gasteiger partial charge in [-0.1, -0.05) is 27.7 Å². The molecule has 2 N–H and O–H groups in total. The van der Waals surface area contributed by atoms with E-state index in [0.717, 1.165) is 37.4 Å². The quantitative estimate of drug-likeness (QED) is 0.742. The fourth-order valence-electron chi connectivity index (χ4n) is 1.95. The van der Waals surface area contributed by atoms with Gasteiger partial charge in [-0.15, -0.1) is 23.7 Å². The van der Waals surface area contributed by atoms with Gasteiger partial charge in [-0.05, 0) is 31.2 Å². The first-order valence-corrected chi connectivity index (χ1v) is 8.75. The Kier molecular flexibility index (Phi) is 10.6. The second kappa shape index (κ2) is 11.0. The third kappa shape index (κ3) is 7.56. The van der Waals surface area contributed by atoms with E-state index in [2.05, 4.69) is 32.7 Å². The third-order valence-electron chi connectivity index (χ3n) is 3.37. The molecule has 0 aliphatic heterocycles. The van der Waals surface area contributed by atoms with E-state index in [1.165, 1.54) is 11.3 Å². The highest BCUT2D eigenvalue weighted by Crippen LogP contribution is 2.14. The third-order valence-corrected chi connectivity index (χ3v) is 4.28. The maximum absolute atomic E-state index is 12.6. The zero-order valence-corrected chi connectivity index (χ0v) is 15.8. The highest BCUT2D eigenvalue weighted by molar-refractivity contribution is 7.09. The molecule has 0 atom stereocenters. The Morgan fingerprint density at radius 2 is 1.77 bits per heavy atom. The van der Waals surface area contributed by atoms with Crippen LogP contribution in [0.4, 0.5) is 0 Å². The van der Waals surface area contributed by atoms with Gasteiger partial charge in [0, 0.05) is 24.9 Å². The molecular formula is C16H30ClN3OS. The van der Waals surface area contributed by atoms with Gasteiger partial charge in [0.15, 0.2) is 0 Å². The van der Waals surface area contributed by atoms with E-state index in [0.29, 0.717) is 24.1 Å². The molecule has 4 nitrogen and oxygen atoms in total. The summed E-state index contributed by atoms with van der Waals surface area (Å²) in [6.45, 7) is 11.0. The molecule has 1 aromatic rings. The maximum atomic E-state index is 12.6. The Bertz CT molecular complexity index is 423. The molecule has 22 heavy (non-hydrogen) atoms. The van der Waals surface area contributed by atoms with E-state index in [1.807, 2.05) is 10.3 Å². The number of nitrogens with two attached hydrogens (primary N) is 1. The van der Waals surface area contributed by atoms with Crippen molar-refractivity contribution in [1.29, 1.82) is 0 Å². The van der Waals surface area contributed by atoms with E-state index >= 15 is 0 Å². The molecule has 0 aliphatic carbocycles. The van der Waals surface area contributed by atoms with Crippen LogP contribution in [-0.2, 0) is 6.42 Å². The van der Waals surface area contributed by atoms with Crippen LogP contribution in [0.15, 0.2) is 5.38 Å². The molecule has 0 radical (unpaired) electrons. The molecule has 0 fully saturated rings. The van der Waals surface area contributed by atoms with Crippen molar-refractivity contribution in [1.82, 2.24) is 9.88 Å². The van der Waals surface area contributed by atoms with Crippen LogP contribution in [0.1, 0.15) is 56.0 Å². The van der Waals surface area contributed by atoms with E-state index < -0.39 is 0 Å². The van der Waals surface area contributed by atoms with Crippen LogP contribution in [0.5, 0.6) is 0 Å². The van der Waals surface area contributed by atoms with Crippen LogP contribution in [0.25, 0.3) is 0 Å². The minimum Gasteiger partial charge on any atom is -0.337 e. The molecule has 0 saturated heterocycles. The summed E-state index contributed by atoms with van der Waals surface area (Å²) in [5.41, 5.74) is 6.12. The summed E-state index contributed by atoms with van der Waals surface area (Å²) in [5.74, 6) is 1.26. The largest absolute Gasteiger partial charge is 0.337 e. The second-order valence-electron chi connectivity index (χ2n) is 6.32. The van der Waals surface area contributed by atoms with Crippen LogP contribution in [0, 0.1) is 11.8 Å². The van der Waals surface area contributed by atoms with Crippen molar-refractivity contribution in [2.45, 2.75) is 47.0 Å². The monoisotopic (exact) mass is 347 g/mol. The van der Waals surface area contributed by atoms with Gasteiger partial charge in [0.25, 0.3) is 5.91 Å². The van der Waals surface area contributed by atoms with Crippen molar-refractivity contribution in [2.75, 3.05) is 19.6 Å². The predicted molar refractivity (Wildman–Crippen MR) is 96.9 cm³/mol. The van der Waals surface area contributed by atoms with Crippen molar-refractivity contribution in [2.24, 2.45) is 17.6 Å². The summed E-state index contributed by atoms with van der Waals surface area (Å²) < 4.78 is 0. The zero-order valence-electron chi connectivity index (χ0n) is 14.2. The summed E-state index contributed by atoms with van der Waals surface area (Å²) in [5, 5.41) is 2.82. The molecule has 1 rings (SSSR count). The zero-order chi connectivity index (χ0) is 15.8. The Hall–Kier alpha value is -0.650. The predicted octanol–water partition coefficient (Wildman–Crippen LogP) is 3.60. The number of aromatic nitrogens is 1. The summed E-state index contributed by atoms with van der Waals surface area (Å²) in [6, 6.07) is 0. The first kappa shape index (κ1) is 21.4. The standard InChI is InChI=1S/C16H29N3OS.ClH/c1-12(2)6-9-19(10-7-13(3)4)16(20)14-11-21-15(18-14)5-8-17;/h11-13H,5-10,17H2,1-4H3;1H. The first-order valence-electron chi connectivity index (χ1n) is 7.87. The summed E-state index contributed by atoms with van der Waals surface area (Å²) >= 11 is 1.53. The minimum atomic E-state index is 0. The van der Waals surface area contributed by atoms with Crippen molar-refractivity contribution in [3.8, 4) is 0 Å². The Morgan fingerprint density at radius 3 is 2.23 bits per heavy atom. The molecule has 0 bridgehead atoms. The number of carbonyl (C=O) groups excluding carboxylic acids is 1. The fourth-order valence-corrected chi connectivity index (χ4v) is 2.74. The van der Waals surface area contributed by atoms with Crippen molar-refractivity contribution in [3.63, 3.8) is 0 Å². The number of hydrogen-bond acceptors (Lipinski definition) is 4. The number of amides is 1. The lowest BCUT2D eigenvalue weighted by Gasteiger charge is -2.23. The number of rotatable bonds is 9. The lowest BCUT2D eigenvalue weighted by molar-refractivity contribution is 0.0735. The summed E-state index contributed by atoms with van der Waals surface area (Å²) in [4.78, 5) is 19.0. The minimum absolute atomic E-state index is 0. The molecule has 0 spiro atoms. The van der Waals surface area contributed by atoms with Gasteiger partial charge in [0.1, 0.15) is 5.69 Å². The Morgan fingerprint density at radius 1 is 1.23 bits per heavy atom. The molecule has 1 amide bonds. The molecule has 0 unspecified atom stereocenters. The summed E-state index contributed by atoms with van der Waals surface area (Å²) in [6.07, 6.45) is 2.81. The first-order chi connectivity index (χ1) is 9.93. The Balaban J connectivity index is 0.00000441. The maximum Gasteiger partial charge on any atom is 0.273 e. The summed E-state index contributed by atoms with van der Waals surface area (Å²) in [7, 11) is 0. The van der Waals surface area contributed by atoms with Gasteiger partial charge in [0.2, 0.25) is 0 Å². The van der Waals surface area contributed by atoms with E-state index in [4.69, 9.17) is 5.73 Å². The van der Waals surface area contributed by atoms with Crippen LogP contribution in [0.3, 0.4) is 0 Å². The molecular weight excluding hydrogens is 318 g/mol. The van der Waals surface area contributed by atoms with Crippen molar-refractivity contribution >= 4 is 29.7 Å². The molecule has 0 aliphatic rings. The Labute approximate surface area is 144 Å². The number of halogens is 1. The molecule has 1 heterocycles. The molecule has 1 aromatic heterocycles. The van der Waals surface area contributed by atoms with Gasteiger partial charge in [-0.25, -0.2) is 4.98 Å². The van der Waals surface area contributed by atoms with E-state index in [1.54, 1.807) is 0 Å². The number of carbonyl (C=O) groups is 1. The molecule has 0 aromatic carbocycles. The topological polar surface area (TPSA) is 59.2 Å². The molecule has 0 saturated carbocycles. The van der Waals surface area contributed by atoms with Gasteiger partial charge in [-0.3, -0.25) is 4.79 Å². The van der Waals surface area contributed by atoms with Crippen LogP contribution < -0.4 is 5.73 Å². The van der Waals surface area contributed by atoms with Crippen molar-refractivity contribution in [3.05, 3.63) is 16.1 Å². The lowest BCUT2D eigenvalue weighted by Crippen LogP contribution is -2.34. The number of thiazole rings is 1. The SMILES string of the molecule is CC(C)CCN(CCC(C)C)C(=O)c1csc(CCN)n1.Cl. The van der Waals surface area contributed by atoms with E-state index in [-0.39, 0.29) is 18.3 Å². The van der Waals surface area contributed by atoms with Crippen LogP contribution >= 0.6 is 23.7 Å². The molecule has 128 valence electrons. The van der Waals surface area contributed by atoms with E-state index in [9.17, 15) is 4.79 Å². The second-order valence-corrected chi connectivity index (χ2v) is 7.27. The number of nitrogens with zero attached hydrogens (tertiary/aromatic N) is 2. The highest BCUT2D eigenvalue weighted by atomic mass is 35.5. The normalized spacial score (nSPS) is 10.9. The average molecular weight is 348 g/mol. The number of hydrogen-bond donors (Lipinski definition) is 1. The average Bonchev–Trinajstić information content (AvgIpc) is 2.86. The lowest BCUT2D eigenvalue weighted by atomic mass is 10.1. The van der Waals surface area contributed by atoms with Gasteiger partial charge in [-0.2, -0.15) is 0 Å². The van der Waals surface area contributed by atoms with Gasteiger partial charge < -0.3 is 10.6 Å². The molecule has 6 heteroatoms. The smallest absolute Gasteiger partial charge is 0.273 e. The van der Waals surface area contributed by atoms with Gasteiger partial charge in [0.05, 0.1) is 5.01 Å².